The monoisotopic (exact) mass is 1370 g/mol. The van der Waals surface area contributed by atoms with Gasteiger partial charge in [-0.15, -0.1) is 0 Å². The van der Waals surface area contributed by atoms with Gasteiger partial charge in [0, 0.05) is 10.8 Å². The first-order valence-corrected chi connectivity index (χ1v) is 36.9. The molecular formula is C107H72O. The molecule has 0 N–H and O–H groups in total. The number of hydrogen-bond acceptors (Lipinski definition) is 1. The van der Waals surface area contributed by atoms with Crippen molar-refractivity contribution in [3.8, 4) is 77.9 Å². The van der Waals surface area contributed by atoms with Gasteiger partial charge in [-0.25, -0.2) is 0 Å². The zero-order valence-corrected chi connectivity index (χ0v) is 58.7. The average molecular weight is 1370 g/mol. The van der Waals surface area contributed by atoms with E-state index in [1.165, 1.54) is 186 Å². The summed E-state index contributed by atoms with van der Waals surface area (Å²) in [4.78, 5) is 0. The molecule has 0 aliphatic rings. The standard InChI is InChI=1S/C40H26.C34H22.C32H20O.CH4/c1-2-12-31-26-32(25-22-27(31)10-1)28-20-23-30(24-21-28)39-35-15-5-7-17-37(35)40(38-18-8-6-16-36(38)39)34-19-9-13-29-11-3-4-14-33(29)34;1-2-12-25-22-26(21-20-23(25)10-1)33-29-15-5-7-17-31(29)34(32-18-8-6-16-30(32)33)28-19-9-13-24-11-3-4-14-27(24)28;1-2-10-21(11-3-1)31-24-13-4-6-15-26(24)32(27-16-7-5-14-25(27)31)22-18-19-30-28(20-22)23-12-8-9-17-29(23)33-30;/h1-26H;1-22H;1-20H;1H4. The normalized spacial score (nSPS) is 11.4. The highest BCUT2D eigenvalue weighted by molar-refractivity contribution is 6.26. The van der Waals surface area contributed by atoms with Crippen molar-refractivity contribution in [2.75, 3.05) is 0 Å². The molecule has 0 aliphatic heterocycles. The molecule has 108 heavy (non-hydrogen) atoms. The molecule has 0 bridgehead atoms. The number of furan rings is 1. The zero-order chi connectivity index (χ0) is 70.7. The highest BCUT2D eigenvalue weighted by Crippen LogP contribution is 2.50. The maximum absolute atomic E-state index is 6.10. The van der Waals surface area contributed by atoms with Crippen molar-refractivity contribution in [2.24, 2.45) is 0 Å². The van der Waals surface area contributed by atoms with Crippen LogP contribution in [-0.2, 0) is 0 Å². The largest absolute Gasteiger partial charge is 0.456 e. The smallest absolute Gasteiger partial charge is 0.135 e. The molecule has 0 aliphatic carbocycles. The van der Waals surface area contributed by atoms with E-state index in [2.05, 4.69) is 400 Å². The Morgan fingerprint density at radius 3 is 0.833 bits per heavy atom. The average Bonchev–Trinajstić information content (AvgIpc) is 0.812. The lowest BCUT2D eigenvalue weighted by Crippen LogP contribution is -1.91. The molecule has 0 saturated carbocycles. The number of para-hydroxylation sites is 1. The topological polar surface area (TPSA) is 13.1 Å². The fraction of sp³-hybridized carbons (Fsp3) is 0.00935. The highest BCUT2D eigenvalue weighted by Gasteiger charge is 2.22. The Labute approximate surface area is 627 Å². The van der Waals surface area contributed by atoms with Crippen LogP contribution in [0.15, 0.2) is 417 Å². The highest BCUT2D eigenvalue weighted by atomic mass is 16.3. The number of hydrogen-bond donors (Lipinski definition) is 0. The Morgan fingerprint density at radius 2 is 0.398 bits per heavy atom. The number of benzene rings is 21. The van der Waals surface area contributed by atoms with Gasteiger partial charge in [0.2, 0.25) is 0 Å². The molecule has 1 heteroatoms. The summed E-state index contributed by atoms with van der Waals surface area (Å²) in [6.07, 6.45) is 0. The lowest BCUT2D eigenvalue weighted by atomic mass is 9.84. The molecule has 506 valence electrons. The molecule has 21 aromatic carbocycles. The van der Waals surface area contributed by atoms with Crippen LogP contribution in [0.3, 0.4) is 0 Å². The van der Waals surface area contributed by atoms with Crippen molar-refractivity contribution in [3.63, 3.8) is 0 Å². The number of rotatable bonds is 7. The molecule has 0 spiro atoms. The molecule has 22 rings (SSSR count). The Hall–Kier alpha value is -14.0. The predicted octanol–water partition coefficient (Wildman–Crippen LogP) is 30.8. The maximum atomic E-state index is 6.10. The van der Waals surface area contributed by atoms with E-state index in [1.54, 1.807) is 0 Å². The summed E-state index contributed by atoms with van der Waals surface area (Å²) in [5, 5.41) is 27.9. The minimum atomic E-state index is 0. The molecule has 0 amide bonds. The van der Waals surface area contributed by atoms with Crippen molar-refractivity contribution in [1.29, 1.82) is 0 Å². The second-order valence-corrected chi connectivity index (χ2v) is 28.0. The second-order valence-electron chi connectivity index (χ2n) is 28.0. The third-order valence-corrected chi connectivity index (χ3v) is 21.9. The summed E-state index contributed by atoms with van der Waals surface area (Å²) in [7, 11) is 0. The molecule has 1 aromatic heterocycles. The van der Waals surface area contributed by atoms with Crippen LogP contribution in [0.2, 0.25) is 0 Å². The minimum Gasteiger partial charge on any atom is -0.456 e. The van der Waals surface area contributed by atoms with Gasteiger partial charge in [0.1, 0.15) is 11.2 Å². The van der Waals surface area contributed by atoms with E-state index in [9.17, 15) is 0 Å². The van der Waals surface area contributed by atoms with E-state index in [0.717, 1.165) is 21.9 Å². The van der Waals surface area contributed by atoms with Gasteiger partial charge in [-0.3, -0.25) is 0 Å². The lowest BCUT2D eigenvalue weighted by molar-refractivity contribution is 0.669. The van der Waals surface area contributed by atoms with Gasteiger partial charge in [-0.1, -0.05) is 390 Å². The SMILES string of the molecule is C.c1ccc(-c2c3ccccc3c(-c3ccc4oc5ccccc5c4c3)c3ccccc23)cc1.c1ccc2cc(-c3c4ccccc4c(-c4cccc5ccccc45)c4ccccc34)ccc2c1.c1ccc2cc(-c3ccc(-c4c5ccccc5c(-c5cccc6ccccc56)c5ccccc45)cc3)ccc2c1. The summed E-state index contributed by atoms with van der Waals surface area (Å²) in [6.45, 7) is 0. The first-order valence-electron chi connectivity index (χ1n) is 36.9. The molecule has 0 radical (unpaired) electrons. The molecular weight excluding hydrogens is 1300 g/mol. The van der Waals surface area contributed by atoms with E-state index in [0.29, 0.717) is 0 Å². The molecule has 0 atom stereocenters. The zero-order valence-electron chi connectivity index (χ0n) is 58.7. The minimum absolute atomic E-state index is 0. The summed E-state index contributed by atoms with van der Waals surface area (Å²) >= 11 is 0. The lowest BCUT2D eigenvalue weighted by Gasteiger charge is -2.19. The van der Waals surface area contributed by atoms with Crippen molar-refractivity contribution in [3.05, 3.63) is 413 Å². The predicted molar refractivity (Wildman–Crippen MR) is 466 cm³/mol. The number of fused-ring (bicyclic) bond motifs is 13. The quantitative estimate of drug-likeness (QED) is 0.145. The molecule has 22 aromatic rings. The summed E-state index contributed by atoms with van der Waals surface area (Å²) in [5.74, 6) is 0. The van der Waals surface area contributed by atoms with Crippen LogP contribution >= 0.6 is 0 Å². The van der Waals surface area contributed by atoms with E-state index in [-0.39, 0.29) is 7.43 Å². The third-order valence-electron chi connectivity index (χ3n) is 21.9. The Balaban J connectivity index is 0.000000110. The third kappa shape index (κ3) is 11.3. The summed E-state index contributed by atoms with van der Waals surface area (Å²) in [6, 6.07) is 149. The Kier molecular flexibility index (Phi) is 16.6. The molecule has 1 heterocycles. The van der Waals surface area contributed by atoms with Crippen LogP contribution in [0.25, 0.3) is 208 Å². The molecule has 0 fully saturated rings. The van der Waals surface area contributed by atoms with E-state index < -0.39 is 0 Å². The van der Waals surface area contributed by atoms with Crippen LogP contribution < -0.4 is 0 Å². The van der Waals surface area contributed by atoms with Gasteiger partial charge < -0.3 is 4.42 Å². The molecule has 0 saturated heterocycles. The van der Waals surface area contributed by atoms with Crippen molar-refractivity contribution in [1.82, 2.24) is 0 Å². The van der Waals surface area contributed by atoms with E-state index in [4.69, 9.17) is 4.42 Å². The van der Waals surface area contributed by atoms with Gasteiger partial charge in [0.15, 0.2) is 0 Å². The van der Waals surface area contributed by atoms with Crippen molar-refractivity contribution < 1.29 is 4.42 Å². The van der Waals surface area contributed by atoms with Crippen molar-refractivity contribution in [2.45, 2.75) is 7.43 Å². The van der Waals surface area contributed by atoms with Crippen LogP contribution in [0.4, 0.5) is 0 Å². The van der Waals surface area contributed by atoms with Crippen molar-refractivity contribution >= 4 is 130 Å². The van der Waals surface area contributed by atoms with Gasteiger partial charge in [-0.2, -0.15) is 0 Å². The van der Waals surface area contributed by atoms with Gasteiger partial charge in [0.05, 0.1) is 0 Å². The summed E-state index contributed by atoms with van der Waals surface area (Å²) in [5.41, 5.74) is 19.6. The van der Waals surface area contributed by atoms with Gasteiger partial charge in [-0.05, 0) is 216 Å². The van der Waals surface area contributed by atoms with E-state index in [1.807, 2.05) is 12.1 Å². The second kappa shape index (κ2) is 27.6. The molecule has 1 nitrogen and oxygen atoms in total. The van der Waals surface area contributed by atoms with Crippen LogP contribution in [0.1, 0.15) is 7.43 Å². The fourth-order valence-corrected chi connectivity index (χ4v) is 17.1. The fourth-order valence-electron chi connectivity index (χ4n) is 17.1. The Bertz CT molecular complexity index is 7060. The van der Waals surface area contributed by atoms with Crippen LogP contribution in [0, 0.1) is 0 Å². The maximum Gasteiger partial charge on any atom is 0.135 e. The van der Waals surface area contributed by atoms with Gasteiger partial charge >= 0.3 is 0 Å². The first-order chi connectivity index (χ1) is 53.1. The summed E-state index contributed by atoms with van der Waals surface area (Å²) < 4.78 is 6.10. The first kappa shape index (κ1) is 64.8. The van der Waals surface area contributed by atoms with Crippen LogP contribution in [-0.4, -0.2) is 0 Å². The Morgan fingerprint density at radius 1 is 0.130 bits per heavy atom. The van der Waals surface area contributed by atoms with Crippen LogP contribution in [0.5, 0.6) is 0 Å². The molecule has 0 unspecified atom stereocenters. The van der Waals surface area contributed by atoms with E-state index >= 15 is 0 Å². The van der Waals surface area contributed by atoms with Gasteiger partial charge in [0.25, 0.3) is 0 Å².